The fraction of sp³-hybridized carbons (Fsp3) is 0.393. The Morgan fingerprint density at radius 2 is 1.76 bits per heavy atom. The van der Waals surface area contributed by atoms with Gasteiger partial charge in [-0.25, -0.2) is 9.18 Å². The SMILES string of the molecule is CC(=O)c1cnc2ccc(-c3cc(F)c(O)c(Cl)c3)cc2c1N[C@H]1CC[C@H](NC(=O)OC(C)(C)C)CC1. The Labute approximate surface area is 220 Å². The second-order valence-corrected chi connectivity index (χ2v) is 10.9. The topological polar surface area (TPSA) is 101 Å². The van der Waals surface area contributed by atoms with Gasteiger partial charge in [-0.15, -0.1) is 0 Å². The summed E-state index contributed by atoms with van der Waals surface area (Å²) in [6.07, 6.45) is 4.28. The maximum atomic E-state index is 14.2. The molecule has 0 bridgehead atoms. The van der Waals surface area contributed by atoms with Gasteiger partial charge in [-0.05, 0) is 88.8 Å². The Kier molecular flexibility index (Phi) is 7.59. The molecule has 1 aliphatic carbocycles. The number of alkyl carbamates (subject to hydrolysis) is 1. The van der Waals surface area contributed by atoms with E-state index in [0.717, 1.165) is 31.1 Å². The van der Waals surface area contributed by atoms with Gasteiger partial charge < -0.3 is 20.5 Å². The van der Waals surface area contributed by atoms with Crippen molar-refractivity contribution in [2.24, 2.45) is 0 Å². The molecule has 37 heavy (non-hydrogen) atoms. The Hall–Kier alpha value is -3.39. The average Bonchev–Trinajstić information content (AvgIpc) is 2.82. The second-order valence-electron chi connectivity index (χ2n) is 10.5. The zero-order valence-electron chi connectivity index (χ0n) is 21.3. The minimum Gasteiger partial charge on any atom is -0.504 e. The van der Waals surface area contributed by atoms with Crippen molar-refractivity contribution in [2.75, 3.05) is 5.32 Å². The van der Waals surface area contributed by atoms with Gasteiger partial charge in [0.1, 0.15) is 5.60 Å². The quantitative estimate of drug-likeness (QED) is 0.314. The summed E-state index contributed by atoms with van der Waals surface area (Å²) in [4.78, 5) is 29.1. The molecule has 1 saturated carbocycles. The molecule has 9 heteroatoms. The van der Waals surface area contributed by atoms with E-state index in [1.807, 2.05) is 26.8 Å². The number of carbonyl (C=O) groups is 2. The van der Waals surface area contributed by atoms with Crippen molar-refractivity contribution < 1.29 is 23.8 Å². The van der Waals surface area contributed by atoms with Crippen LogP contribution in [0.25, 0.3) is 22.0 Å². The van der Waals surface area contributed by atoms with Gasteiger partial charge in [-0.1, -0.05) is 17.7 Å². The first-order chi connectivity index (χ1) is 17.4. The number of benzene rings is 2. The Morgan fingerprint density at radius 1 is 1.08 bits per heavy atom. The van der Waals surface area contributed by atoms with Crippen LogP contribution < -0.4 is 10.6 Å². The molecule has 4 rings (SSSR count). The Morgan fingerprint density at radius 3 is 2.38 bits per heavy atom. The molecule has 2 aromatic carbocycles. The highest BCUT2D eigenvalue weighted by Gasteiger charge is 2.26. The molecule has 0 atom stereocenters. The standard InChI is InChI=1S/C28H31ClFN3O4/c1-15(34)21-14-31-24-10-5-16(17-12-22(29)26(35)23(30)13-17)11-20(24)25(21)32-18-6-8-19(9-7-18)33-27(36)37-28(2,3)4/h5,10-14,18-19,35H,6-9H2,1-4H3,(H,31,32)(H,33,36)/t18-,19-. The summed E-state index contributed by atoms with van der Waals surface area (Å²) in [7, 11) is 0. The summed E-state index contributed by atoms with van der Waals surface area (Å²) in [5, 5.41) is 16.8. The summed E-state index contributed by atoms with van der Waals surface area (Å²) >= 11 is 6.00. The van der Waals surface area contributed by atoms with Crippen molar-refractivity contribution in [3.8, 4) is 16.9 Å². The number of hydrogen-bond acceptors (Lipinski definition) is 6. The number of hydrogen-bond donors (Lipinski definition) is 3. The highest BCUT2D eigenvalue weighted by atomic mass is 35.5. The van der Waals surface area contributed by atoms with E-state index in [0.29, 0.717) is 27.9 Å². The van der Waals surface area contributed by atoms with Gasteiger partial charge in [-0.2, -0.15) is 0 Å². The predicted octanol–water partition coefficient (Wildman–Crippen LogP) is 6.85. The third-order valence-electron chi connectivity index (χ3n) is 6.39. The molecule has 0 aliphatic heterocycles. The van der Waals surface area contributed by atoms with Crippen LogP contribution in [-0.4, -0.2) is 39.7 Å². The van der Waals surface area contributed by atoms with Gasteiger partial charge >= 0.3 is 6.09 Å². The molecular formula is C28H31ClFN3O4. The van der Waals surface area contributed by atoms with Crippen molar-refractivity contribution in [2.45, 2.75) is 71.1 Å². The summed E-state index contributed by atoms with van der Waals surface area (Å²) < 4.78 is 19.5. The number of aromatic hydroxyl groups is 1. The number of aromatic nitrogens is 1. The number of phenolic OH excluding ortho intramolecular Hbond substituents is 1. The van der Waals surface area contributed by atoms with E-state index in [9.17, 15) is 19.1 Å². The largest absolute Gasteiger partial charge is 0.504 e. The molecule has 3 N–H and O–H groups in total. The van der Waals surface area contributed by atoms with Crippen molar-refractivity contribution >= 4 is 40.1 Å². The number of nitrogens with zero attached hydrogens (tertiary/aromatic N) is 1. The molecule has 1 aliphatic rings. The van der Waals surface area contributed by atoms with E-state index in [1.54, 1.807) is 18.3 Å². The van der Waals surface area contributed by atoms with Crippen LogP contribution in [0.4, 0.5) is 14.9 Å². The third kappa shape index (κ3) is 6.31. The molecule has 0 radical (unpaired) electrons. The third-order valence-corrected chi connectivity index (χ3v) is 6.68. The maximum Gasteiger partial charge on any atom is 0.407 e. The van der Waals surface area contributed by atoms with E-state index in [-0.39, 0.29) is 22.9 Å². The fourth-order valence-electron chi connectivity index (χ4n) is 4.59. The highest BCUT2D eigenvalue weighted by molar-refractivity contribution is 6.32. The van der Waals surface area contributed by atoms with Gasteiger partial charge in [0.25, 0.3) is 0 Å². The lowest BCUT2D eigenvalue weighted by Gasteiger charge is -2.31. The Balaban J connectivity index is 1.59. The van der Waals surface area contributed by atoms with E-state index >= 15 is 0 Å². The number of amides is 1. The molecule has 1 fully saturated rings. The van der Waals surface area contributed by atoms with Crippen molar-refractivity contribution in [3.05, 3.63) is 52.9 Å². The molecule has 0 spiro atoms. The van der Waals surface area contributed by atoms with Crippen LogP contribution >= 0.6 is 11.6 Å². The van der Waals surface area contributed by atoms with Crippen molar-refractivity contribution in [3.63, 3.8) is 0 Å². The molecule has 1 amide bonds. The average molecular weight is 528 g/mol. The van der Waals surface area contributed by atoms with Crippen molar-refractivity contribution in [1.29, 1.82) is 0 Å². The number of fused-ring (bicyclic) bond motifs is 1. The molecule has 7 nitrogen and oxygen atoms in total. The highest BCUT2D eigenvalue weighted by Crippen LogP contribution is 2.36. The van der Waals surface area contributed by atoms with Crippen LogP contribution in [0.15, 0.2) is 36.5 Å². The summed E-state index contributed by atoms with van der Waals surface area (Å²) in [6.45, 7) is 6.99. The first-order valence-corrected chi connectivity index (χ1v) is 12.7. The number of pyridine rings is 1. The first-order valence-electron chi connectivity index (χ1n) is 12.3. The number of ether oxygens (including phenoxy) is 1. The minimum atomic E-state index is -0.812. The maximum absolute atomic E-state index is 14.2. The number of anilines is 1. The molecular weight excluding hydrogens is 497 g/mol. The van der Waals surface area contributed by atoms with E-state index in [4.69, 9.17) is 16.3 Å². The van der Waals surface area contributed by atoms with Gasteiger partial charge in [-0.3, -0.25) is 9.78 Å². The normalized spacial score (nSPS) is 17.9. The predicted molar refractivity (Wildman–Crippen MR) is 143 cm³/mol. The lowest BCUT2D eigenvalue weighted by atomic mass is 9.90. The number of ketones is 1. The van der Waals surface area contributed by atoms with Gasteiger partial charge in [0.05, 0.1) is 21.8 Å². The van der Waals surface area contributed by atoms with Crippen molar-refractivity contribution in [1.82, 2.24) is 10.3 Å². The van der Waals surface area contributed by atoms with Crippen LogP contribution in [0, 0.1) is 5.82 Å². The number of carbonyl (C=O) groups excluding carboxylic acids is 2. The van der Waals surface area contributed by atoms with Gasteiger partial charge in [0, 0.05) is 23.7 Å². The van der Waals surface area contributed by atoms with Gasteiger partial charge in [0.15, 0.2) is 17.3 Å². The lowest BCUT2D eigenvalue weighted by Crippen LogP contribution is -2.42. The summed E-state index contributed by atoms with van der Waals surface area (Å²) in [6, 6.07) is 8.27. The molecule has 1 aromatic heterocycles. The number of halogens is 2. The number of rotatable bonds is 5. The zero-order valence-corrected chi connectivity index (χ0v) is 22.1. The lowest BCUT2D eigenvalue weighted by molar-refractivity contribution is 0.0492. The minimum absolute atomic E-state index is 0.0232. The fourth-order valence-corrected chi connectivity index (χ4v) is 4.80. The molecule has 0 unspecified atom stereocenters. The monoisotopic (exact) mass is 527 g/mol. The first kappa shape index (κ1) is 26.7. The molecule has 0 saturated heterocycles. The van der Waals surface area contributed by atoms with Gasteiger partial charge in [0.2, 0.25) is 0 Å². The number of nitrogens with one attached hydrogen (secondary N) is 2. The Bertz CT molecular complexity index is 1320. The number of phenols is 1. The van der Waals surface area contributed by atoms with Crippen LogP contribution in [-0.2, 0) is 4.74 Å². The smallest absolute Gasteiger partial charge is 0.407 e. The summed E-state index contributed by atoms with van der Waals surface area (Å²) in [5.74, 6) is -1.53. The molecule has 196 valence electrons. The van der Waals surface area contributed by atoms with E-state index < -0.39 is 23.3 Å². The summed E-state index contributed by atoms with van der Waals surface area (Å²) in [5.41, 5.74) is 2.44. The van der Waals surface area contributed by atoms with E-state index in [1.165, 1.54) is 19.1 Å². The van der Waals surface area contributed by atoms with E-state index in [2.05, 4.69) is 15.6 Å². The molecule has 1 heterocycles. The second kappa shape index (κ2) is 10.5. The number of Topliss-reactive ketones (excluding diaryl/α,β-unsaturated/α-hetero) is 1. The van der Waals surface area contributed by atoms with Crippen LogP contribution in [0.5, 0.6) is 5.75 Å². The van der Waals surface area contributed by atoms with Crippen LogP contribution in [0.3, 0.4) is 0 Å². The zero-order chi connectivity index (χ0) is 26.9. The molecule has 3 aromatic rings. The van der Waals surface area contributed by atoms with Crippen LogP contribution in [0.1, 0.15) is 63.7 Å². The van der Waals surface area contributed by atoms with Crippen LogP contribution in [0.2, 0.25) is 5.02 Å².